The van der Waals surface area contributed by atoms with Crippen LogP contribution in [0.5, 0.6) is 0 Å². The predicted molar refractivity (Wildman–Crippen MR) is 55.8 cm³/mol. The van der Waals surface area contributed by atoms with E-state index < -0.39 is 0 Å². The van der Waals surface area contributed by atoms with Gasteiger partial charge in [0.05, 0.1) is 6.10 Å². The van der Waals surface area contributed by atoms with Crippen molar-refractivity contribution in [1.82, 2.24) is 0 Å². The van der Waals surface area contributed by atoms with E-state index in [1.165, 1.54) is 25.7 Å². The highest BCUT2D eigenvalue weighted by Crippen LogP contribution is 2.29. The topological polar surface area (TPSA) is 9.23 Å². The van der Waals surface area contributed by atoms with Crippen LogP contribution in [0.1, 0.15) is 39.5 Å². The summed E-state index contributed by atoms with van der Waals surface area (Å²) < 4.78 is 5.69. The van der Waals surface area contributed by atoms with Crippen LogP contribution in [0.3, 0.4) is 0 Å². The van der Waals surface area contributed by atoms with E-state index in [0.29, 0.717) is 11.5 Å². The van der Waals surface area contributed by atoms with Crippen molar-refractivity contribution in [3.8, 4) is 0 Å². The number of hydrogen-bond donors (Lipinski definition) is 0. The normalized spacial score (nSPS) is 25.8. The summed E-state index contributed by atoms with van der Waals surface area (Å²) in [6, 6.07) is 0. The lowest BCUT2D eigenvalue weighted by Gasteiger charge is -2.30. The van der Waals surface area contributed by atoms with Gasteiger partial charge in [-0.25, -0.2) is 0 Å². The van der Waals surface area contributed by atoms with Gasteiger partial charge in [0.2, 0.25) is 0 Å². The third-order valence-electron chi connectivity index (χ3n) is 2.42. The molecule has 1 fully saturated rings. The Morgan fingerprint density at radius 3 is 2.67 bits per heavy atom. The quantitative estimate of drug-likeness (QED) is 0.681. The third-order valence-corrected chi connectivity index (χ3v) is 3.93. The summed E-state index contributed by atoms with van der Waals surface area (Å²) in [6.07, 6.45) is 5.58. The number of ether oxygens (including phenoxy) is 1. The van der Waals surface area contributed by atoms with Gasteiger partial charge in [0.25, 0.3) is 0 Å². The maximum absolute atomic E-state index is 5.69. The average Bonchev–Trinajstić information content (AvgIpc) is 2.06. The molecule has 0 spiro atoms. The summed E-state index contributed by atoms with van der Waals surface area (Å²) in [5.74, 6) is 0. The molecule has 1 heterocycles. The van der Waals surface area contributed by atoms with Crippen molar-refractivity contribution in [2.75, 3.05) is 11.9 Å². The van der Waals surface area contributed by atoms with Gasteiger partial charge in [-0.2, -0.15) is 0 Å². The van der Waals surface area contributed by atoms with Gasteiger partial charge in [-0.1, -0.05) is 29.8 Å². The van der Waals surface area contributed by atoms with E-state index in [0.717, 1.165) is 11.9 Å². The summed E-state index contributed by atoms with van der Waals surface area (Å²) in [4.78, 5) is 0. The minimum absolute atomic E-state index is 0.391. The van der Waals surface area contributed by atoms with Gasteiger partial charge in [0, 0.05) is 11.9 Å². The minimum Gasteiger partial charge on any atom is -0.378 e. The summed E-state index contributed by atoms with van der Waals surface area (Å²) >= 11 is 3.54. The molecular weight excluding hydrogens is 216 g/mol. The Bertz CT molecular complexity index is 128. The van der Waals surface area contributed by atoms with E-state index in [9.17, 15) is 0 Å². The van der Waals surface area contributed by atoms with Gasteiger partial charge in [-0.15, -0.1) is 0 Å². The van der Waals surface area contributed by atoms with Crippen LogP contribution in [0.4, 0.5) is 0 Å². The molecule has 2 heteroatoms. The standard InChI is InChI=1S/C10H19BrO/c1-10(2,8-11)7-9-5-3-4-6-12-9/h9H,3-8H2,1-2H3/t9-/m0/s1. The highest BCUT2D eigenvalue weighted by atomic mass is 79.9. The summed E-state index contributed by atoms with van der Waals surface area (Å²) in [5, 5.41) is 1.07. The molecule has 0 saturated carbocycles. The van der Waals surface area contributed by atoms with Crippen LogP contribution in [0.25, 0.3) is 0 Å². The number of halogens is 1. The van der Waals surface area contributed by atoms with Crippen molar-refractivity contribution >= 4 is 15.9 Å². The Balaban J connectivity index is 2.28. The molecule has 0 aromatic rings. The summed E-state index contributed by atoms with van der Waals surface area (Å²) in [5.41, 5.74) is 0.391. The molecule has 0 radical (unpaired) electrons. The molecule has 0 bridgehead atoms. The fourth-order valence-electron chi connectivity index (χ4n) is 1.64. The van der Waals surface area contributed by atoms with Gasteiger partial charge in [-0.3, -0.25) is 0 Å². The molecule has 0 unspecified atom stereocenters. The second-order valence-corrected chi connectivity index (χ2v) is 5.05. The average molecular weight is 235 g/mol. The first-order valence-corrected chi connectivity index (χ1v) is 5.94. The van der Waals surface area contributed by atoms with Gasteiger partial charge in [0.1, 0.15) is 0 Å². The van der Waals surface area contributed by atoms with Gasteiger partial charge >= 0.3 is 0 Å². The van der Waals surface area contributed by atoms with Crippen molar-refractivity contribution in [2.24, 2.45) is 5.41 Å². The Labute approximate surface area is 84.0 Å². The molecule has 72 valence electrons. The number of rotatable bonds is 3. The predicted octanol–water partition coefficient (Wildman–Crippen LogP) is 3.37. The van der Waals surface area contributed by atoms with E-state index in [1.807, 2.05) is 0 Å². The minimum atomic E-state index is 0.391. The molecule has 0 aromatic carbocycles. The summed E-state index contributed by atoms with van der Waals surface area (Å²) in [6.45, 7) is 5.56. The van der Waals surface area contributed by atoms with E-state index in [4.69, 9.17) is 4.74 Å². The molecule has 1 saturated heterocycles. The molecule has 1 atom stereocenters. The second kappa shape index (κ2) is 4.61. The van der Waals surface area contributed by atoms with Crippen LogP contribution in [-0.2, 0) is 4.74 Å². The molecule has 0 amide bonds. The Morgan fingerprint density at radius 1 is 1.42 bits per heavy atom. The zero-order valence-corrected chi connectivity index (χ0v) is 9.69. The van der Waals surface area contributed by atoms with Gasteiger partial charge in [0.15, 0.2) is 0 Å². The Morgan fingerprint density at radius 2 is 2.17 bits per heavy atom. The molecule has 1 rings (SSSR count). The Kier molecular flexibility index (Phi) is 4.04. The first kappa shape index (κ1) is 10.5. The first-order valence-electron chi connectivity index (χ1n) is 4.82. The maximum atomic E-state index is 5.69. The van der Waals surface area contributed by atoms with E-state index in [-0.39, 0.29) is 0 Å². The molecule has 1 aliphatic rings. The van der Waals surface area contributed by atoms with E-state index in [2.05, 4.69) is 29.8 Å². The van der Waals surface area contributed by atoms with Crippen molar-refractivity contribution in [2.45, 2.75) is 45.6 Å². The van der Waals surface area contributed by atoms with Crippen LogP contribution < -0.4 is 0 Å². The van der Waals surface area contributed by atoms with Crippen LogP contribution in [0.2, 0.25) is 0 Å². The van der Waals surface area contributed by atoms with Crippen molar-refractivity contribution in [1.29, 1.82) is 0 Å². The smallest absolute Gasteiger partial charge is 0.0580 e. The van der Waals surface area contributed by atoms with Gasteiger partial charge < -0.3 is 4.74 Å². The van der Waals surface area contributed by atoms with Crippen LogP contribution >= 0.6 is 15.9 Å². The highest BCUT2D eigenvalue weighted by molar-refractivity contribution is 9.09. The molecule has 1 nitrogen and oxygen atoms in total. The molecule has 0 aromatic heterocycles. The Hall–Kier alpha value is 0.440. The summed E-state index contributed by atoms with van der Waals surface area (Å²) in [7, 11) is 0. The number of hydrogen-bond acceptors (Lipinski definition) is 1. The first-order chi connectivity index (χ1) is 5.64. The SMILES string of the molecule is CC(C)(CBr)C[C@@H]1CCCCO1. The molecule has 0 aliphatic carbocycles. The monoisotopic (exact) mass is 234 g/mol. The van der Waals surface area contributed by atoms with Crippen molar-refractivity contribution in [3.05, 3.63) is 0 Å². The molecule has 1 aliphatic heterocycles. The van der Waals surface area contributed by atoms with Crippen LogP contribution in [0.15, 0.2) is 0 Å². The lowest BCUT2D eigenvalue weighted by Crippen LogP contribution is -2.27. The number of alkyl halides is 1. The fraction of sp³-hybridized carbons (Fsp3) is 1.00. The lowest BCUT2D eigenvalue weighted by atomic mass is 9.87. The van der Waals surface area contributed by atoms with Gasteiger partial charge in [-0.05, 0) is 31.1 Å². The van der Waals surface area contributed by atoms with E-state index >= 15 is 0 Å². The maximum Gasteiger partial charge on any atom is 0.0580 e. The van der Waals surface area contributed by atoms with Crippen LogP contribution in [-0.4, -0.2) is 18.0 Å². The molecule has 0 N–H and O–H groups in total. The van der Waals surface area contributed by atoms with Crippen LogP contribution in [0, 0.1) is 5.41 Å². The van der Waals surface area contributed by atoms with E-state index in [1.54, 1.807) is 0 Å². The molecular formula is C10H19BrO. The largest absolute Gasteiger partial charge is 0.378 e. The zero-order valence-electron chi connectivity index (χ0n) is 8.11. The zero-order chi connectivity index (χ0) is 9.03. The molecule has 12 heavy (non-hydrogen) atoms. The second-order valence-electron chi connectivity index (χ2n) is 4.49. The van der Waals surface area contributed by atoms with Crippen molar-refractivity contribution < 1.29 is 4.74 Å². The third kappa shape index (κ3) is 3.44. The fourth-order valence-corrected chi connectivity index (χ4v) is 1.87. The van der Waals surface area contributed by atoms with Crippen molar-refractivity contribution in [3.63, 3.8) is 0 Å². The lowest BCUT2D eigenvalue weighted by molar-refractivity contribution is -0.00618. The highest BCUT2D eigenvalue weighted by Gasteiger charge is 2.24.